The molecule has 126 valence electrons. The minimum atomic E-state index is -3.42. The van der Waals surface area contributed by atoms with E-state index in [9.17, 15) is 8.42 Å². The Morgan fingerprint density at radius 3 is 2.74 bits per heavy atom. The normalized spacial score (nSPS) is 20.7. The lowest BCUT2D eigenvalue weighted by atomic mass is 9.98. The number of nitrogens with zero attached hydrogens (tertiary/aromatic N) is 1. The molecule has 6 heteroatoms. The summed E-state index contributed by atoms with van der Waals surface area (Å²) in [6, 6.07) is 7.86. The first-order valence-corrected chi connectivity index (χ1v) is 9.64. The predicted molar refractivity (Wildman–Crippen MR) is 91.5 cm³/mol. The molecule has 1 aromatic rings. The van der Waals surface area contributed by atoms with Crippen LogP contribution >= 0.6 is 0 Å². The van der Waals surface area contributed by atoms with Gasteiger partial charge >= 0.3 is 0 Å². The average molecular weight is 336 g/mol. The van der Waals surface area contributed by atoms with Crippen LogP contribution in [0.2, 0.25) is 0 Å². The van der Waals surface area contributed by atoms with Crippen molar-refractivity contribution < 1.29 is 13.2 Å². The molecule has 1 N–H and O–H groups in total. The fraction of sp³-hybridized carbons (Fsp3) is 0.529. The molecule has 3 rings (SSSR count). The van der Waals surface area contributed by atoms with E-state index in [1.807, 2.05) is 31.2 Å². The lowest BCUT2D eigenvalue weighted by molar-refractivity contribution is 0.0354. The number of allylic oxidation sites excluding steroid dienone is 1. The number of hydrogen-bond donors (Lipinski definition) is 1. The van der Waals surface area contributed by atoms with Gasteiger partial charge in [0.25, 0.3) is 0 Å². The SMILES string of the molecule is C[C@H](CN1CCOCC1)NS(=O)(=O)C1=Cc2ccccc2CC1. The van der Waals surface area contributed by atoms with Gasteiger partial charge in [0.15, 0.2) is 0 Å². The molecular formula is C17H24N2O3S. The number of aryl methyl sites for hydroxylation is 1. The molecule has 0 radical (unpaired) electrons. The fourth-order valence-corrected chi connectivity index (χ4v) is 4.58. The van der Waals surface area contributed by atoms with E-state index in [4.69, 9.17) is 4.74 Å². The van der Waals surface area contributed by atoms with Gasteiger partial charge in [0.1, 0.15) is 0 Å². The van der Waals surface area contributed by atoms with Crippen LogP contribution in [0.1, 0.15) is 24.5 Å². The summed E-state index contributed by atoms with van der Waals surface area (Å²) in [5, 5.41) is 0. The Bertz CT molecular complexity index is 679. The molecule has 2 aliphatic rings. The van der Waals surface area contributed by atoms with Gasteiger partial charge in [-0.25, -0.2) is 13.1 Å². The maximum absolute atomic E-state index is 12.6. The van der Waals surface area contributed by atoms with E-state index in [0.29, 0.717) is 17.9 Å². The van der Waals surface area contributed by atoms with Crippen LogP contribution in [-0.4, -0.2) is 52.2 Å². The Labute approximate surface area is 138 Å². The van der Waals surface area contributed by atoms with Crippen molar-refractivity contribution in [3.8, 4) is 0 Å². The molecule has 1 heterocycles. The van der Waals surface area contributed by atoms with Gasteiger partial charge in [0.2, 0.25) is 10.0 Å². The second-order valence-corrected chi connectivity index (χ2v) is 8.01. The van der Waals surface area contributed by atoms with E-state index < -0.39 is 10.0 Å². The van der Waals surface area contributed by atoms with Crippen molar-refractivity contribution in [2.45, 2.75) is 25.8 Å². The van der Waals surface area contributed by atoms with Crippen LogP contribution in [0.3, 0.4) is 0 Å². The van der Waals surface area contributed by atoms with Gasteiger partial charge < -0.3 is 4.74 Å². The van der Waals surface area contributed by atoms with Gasteiger partial charge in [0, 0.05) is 25.7 Å². The van der Waals surface area contributed by atoms with Crippen molar-refractivity contribution in [2.24, 2.45) is 0 Å². The summed E-state index contributed by atoms with van der Waals surface area (Å²) in [5.74, 6) is 0. The lowest BCUT2D eigenvalue weighted by Crippen LogP contribution is -2.46. The molecule has 0 bridgehead atoms. The van der Waals surface area contributed by atoms with Gasteiger partial charge in [-0.05, 0) is 37.0 Å². The largest absolute Gasteiger partial charge is 0.379 e. The predicted octanol–water partition coefficient (Wildman–Crippen LogP) is 1.61. The number of morpholine rings is 1. The van der Waals surface area contributed by atoms with Crippen LogP contribution in [0.15, 0.2) is 29.2 Å². The molecule has 1 atom stereocenters. The van der Waals surface area contributed by atoms with Gasteiger partial charge in [-0.3, -0.25) is 4.90 Å². The molecular weight excluding hydrogens is 312 g/mol. The molecule has 0 amide bonds. The molecule has 5 nitrogen and oxygen atoms in total. The maximum atomic E-state index is 12.6. The Morgan fingerprint density at radius 1 is 1.22 bits per heavy atom. The first kappa shape index (κ1) is 16.6. The highest BCUT2D eigenvalue weighted by atomic mass is 32.2. The Kier molecular flexibility index (Phi) is 5.16. The molecule has 1 saturated heterocycles. The fourth-order valence-electron chi connectivity index (χ4n) is 3.17. The van der Waals surface area contributed by atoms with Gasteiger partial charge in [-0.1, -0.05) is 24.3 Å². The standard InChI is InChI=1S/C17H24N2O3S/c1-14(13-19-8-10-22-11-9-19)18-23(20,21)17-7-6-15-4-2-3-5-16(15)12-17/h2-5,12,14,18H,6-11,13H2,1H3/t14-/m1/s1. The number of ether oxygens (including phenoxy) is 1. The van der Waals surface area contributed by atoms with E-state index in [1.165, 1.54) is 5.56 Å². The molecule has 1 fully saturated rings. The first-order chi connectivity index (χ1) is 11.0. The zero-order valence-electron chi connectivity index (χ0n) is 13.5. The Balaban J connectivity index is 1.66. The van der Waals surface area contributed by atoms with E-state index in [2.05, 4.69) is 15.7 Å². The number of nitrogens with one attached hydrogen (secondary N) is 1. The first-order valence-electron chi connectivity index (χ1n) is 8.15. The molecule has 0 spiro atoms. The molecule has 1 aliphatic carbocycles. The topological polar surface area (TPSA) is 58.6 Å². The molecule has 0 saturated carbocycles. The minimum absolute atomic E-state index is 0.115. The summed E-state index contributed by atoms with van der Waals surface area (Å²) < 4.78 is 33.4. The molecule has 1 aromatic carbocycles. The Hall–Kier alpha value is -1.21. The number of sulfonamides is 1. The number of benzene rings is 1. The smallest absolute Gasteiger partial charge is 0.237 e. The van der Waals surface area contributed by atoms with Crippen LogP contribution in [0.25, 0.3) is 6.08 Å². The third-order valence-corrected chi connectivity index (χ3v) is 6.07. The monoisotopic (exact) mass is 336 g/mol. The van der Waals surface area contributed by atoms with Crippen LogP contribution in [0.5, 0.6) is 0 Å². The molecule has 0 unspecified atom stereocenters. The summed E-state index contributed by atoms with van der Waals surface area (Å²) in [6.45, 7) is 5.81. The zero-order valence-corrected chi connectivity index (χ0v) is 14.3. The van der Waals surface area contributed by atoms with E-state index in [-0.39, 0.29) is 6.04 Å². The van der Waals surface area contributed by atoms with Gasteiger partial charge in [0.05, 0.1) is 18.1 Å². The summed E-state index contributed by atoms with van der Waals surface area (Å²) in [5.41, 5.74) is 2.23. The second-order valence-electron chi connectivity index (χ2n) is 6.24. The quantitative estimate of drug-likeness (QED) is 0.888. The van der Waals surface area contributed by atoms with Crippen LogP contribution < -0.4 is 4.72 Å². The number of hydrogen-bond acceptors (Lipinski definition) is 4. The third kappa shape index (κ3) is 4.20. The lowest BCUT2D eigenvalue weighted by Gasteiger charge is -2.29. The molecule has 0 aromatic heterocycles. The van der Waals surface area contributed by atoms with E-state index in [0.717, 1.165) is 38.3 Å². The van der Waals surface area contributed by atoms with Gasteiger partial charge in [-0.2, -0.15) is 0 Å². The van der Waals surface area contributed by atoms with Crippen molar-refractivity contribution >= 4 is 16.1 Å². The average Bonchev–Trinajstić information content (AvgIpc) is 2.54. The summed E-state index contributed by atoms with van der Waals surface area (Å²) >= 11 is 0. The highest BCUT2D eigenvalue weighted by molar-refractivity contribution is 7.93. The molecule has 1 aliphatic heterocycles. The van der Waals surface area contributed by atoms with E-state index >= 15 is 0 Å². The van der Waals surface area contributed by atoms with Crippen molar-refractivity contribution in [2.75, 3.05) is 32.8 Å². The summed E-state index contributed by atoms with van der Waals surface area (Å²) in [4.78, 5) is 2.73. The summed E-state index contributed by atoms with van der Waals surface area (Å²) in [7, 11) is -3.42. The van der Waals surface area contributed by atoms with E-state index in [1.54, 1.807) is 0 Å². The van der Waals surface area contributed by atoms with Gasteiger partial charge in [-0.15, -0.1) is 0 Å². The maximum Gasteiger partial charge on any atom is 0.237 e. The van der Waals surface area contributed by atoms with Crippen molar-refractivity contribution in [1.82, 2.24) is 9.62 Å². The Morgan fingerprint density at radius 2 is 1.96 bits per heavy atom. The van der Waals surface area contributed by atoms with Crippen LogP contribution in [-0.2, 0) is 21.2 Å². The second kappa shape index (κ2) is 7.13. The zero-order chi connectivity index (χ0) is 16.3. The number of rotatable bonds is 5. The highest BCUT2D eigenvalue weighted by Crippen LogP contribution is 2.26. The van der Waals surface area contributed by atoms with Crippen molar-refractivity contribution in [1.29, 1.82) is 0 Å². The highest BCUT2D eigenvalue weighted by Gasteiger charge is 2.24. The van der Waals surface area contributed by atoms with Crippen molar-refractivity contribution in [3.05, 3.63) is 40.3 Å². The number of fused-ring (bicyclic) bond motifs is 1. The molecule has 23 heavy (non-hydrogen) atoms. The van der Waals surface area contributed by atoms with Crippen LogP contribution in [0.4, 0.5) is 0 Å². The van der Waals surface area contributed by atoms with Crippen LogP contribution in [0, 0.1) is 0 Å². The minimum Gasteiger partial charge on any atom is -0.379 e. The third-order valence-electron chi connectivity index (χ3n) is 4.35. The summed E-state index contributed by atoms with van der Waals surface area (Å²) in [6.07, 6.45) is 3.15. The van der Waals surface area contributed by atoms with Crippen molar-refractivity contribution in [3.63, 3.8) is 0 Å².